The molecule has 0 saturated heterocycles. The van der Waals surface area contributed by atoms with Gasteiger partial charge in [0, 0.05) is 6.42 Å². The Labute approximate surface area is 113 Å². The molecule has 0 aliphatic rings. The van der Waals surface area contributed by atoms with Crippen LogP contribution >= 0.6 is 15.9 Å². The van der Waals surface area contributed by atoms with Crippen molar-refractivity contribution in [2.24, 2.45) is 0 Å². The lowest BCUT2D eigenvalue weighted by Gasteiger charge is -2.08. The topological polar surface area (TPSA) is 72.8 Å². The van der Waals surface area contributed by atoms with E-state index in [-0.39, 0.29) is 11.5 Å². The van der Waals surface area contributed by atoms with Crippen molar-refractivity contribution in [3.63, 3.8) is 0 Å². The average Bonchev–Trinajstić information content (AvgIpc) is 2.35. The quantitative estimate of drug-likeness (QED) is 0.644. The number of halogens is 1. The second-order valence-corrected chi connectivity index (χ2v) is 4.33. The molecule has 0 fully saturated rings. The molecule has 0 bridgehead atoms. The second-order valence-electron chi connectivity index (χ2n) is 3.48. The van der Waals surface area contributed by atoms with Crippen LogP contribution < -0.4 is 4.74 Å². The Balaban J connectivity index is 2.48. The summed E-state index contributed by atoms with van der Waals surface area (Å²) < 4.78 is 10.5. The molecule has 1 aromatic rings. The number of ether oxygens (including phenoxy) is 2. The first-order valence-electron chi connectivity index (χ1n) is 5.27. The first-order chi connectivity index (χ1) is 8.54. The highest BCUT2D eigenvalue weighted by Gasteiger charge is 2.07. The zero-order valence-corrected chi connectivity index (χ0v) is 11.4. The Bertz CT molecular complexity index is 444. The maximum absolute atomic E-state index is 10.9. The SMILES string of the molecule is COC(=O)CCCOc1ccc(C(=O)O)cc1Br. The molecular formula is C12H13BrO5. The maximum atomic E-state index is 10.9. The number of hydrogen-bond donors (Lipinski definition) is 1. The summed E-state index contributed by atoms with van der Waals surface area (Å²) in [6, 6.07) is 4.51. The molecule has 98 valence electrons. The number of benzene rings is 1. The minimum absolute atomic E-state index is 0.184. The van der Waals surface area contributed by atoms with Crippen molar-refractivity contribution < 1.29 is 24.2 Å². The van der Waals surface area contributed by atoms with Gasteiger partial charge in [0.25, 0.3) is 0 Å². The van der Waals surface area contributed by atoms with E-state index in [9.17, 15) is 9.59 Å². The fourth-order valence-corrected chi connectivity index (χ4v) is 1.74. The van der Waals surface area contributed by atoms with Gasteiger partial charge in [-0.3, -0.25) is 4.79 Å². The van der Waals surface area contributed by atoms with Crippen molar-refractivity contribution in [1.29, 1.82) is 0 Å². The number of methoxy groups -OCH3 is 1. The van der Waals surface area contributed by atoms with E-state index in [1.165, 1.54) is 19.2 Å². The highest BCUT2D eigenvalue weighted by Crippen LogP contribution is 2.26. The third-order valence-corrected chi connectivity index (χ3v) is 2.81. The number of carbonyl (C=O) groups is 2. The predicted octanol–water partition coefficient (Wildman–Crippen LogP) is 2.48. The van der Waals surface area contributed by atoms with E-state index in [4.69, 9.17) is 9.84 Å². The van der Waals surface area contributed by atoms with Crippen molar-refractivity contribution in [3.05, 3.63) is 28.2 Å². The average molecular weight is 317 g/mol. The zero-order chi connectivity index (χ0) is 13.5. The van der Waals surface area contributed by atoms with E-state index >= 15 is 0 Å². The van der Waals surface area contributed by atoms with E-state index in [0.717, 1.165) is 0 Å². The number of carboxylic acids is 1. The van der Waals surface area contributed by atoms with Crippen LogP contribution in [-0.2, 0) is 9.53 Å². The largest absolute Gasteiger partial charge is 0.492 e. The Morgan fingerprint density at radius 2 is 2.11 bits per heavy atom. The second kappa shape index (κ2) is 7.00. The summed E-state index contributed by atoms with van der Waals surface area (Å²) in [5.41, 5.74) is 0.184. The molecule has 0 aliphatic carbocycles. The Kier molecular flexibility index (Phi) is 5.64. The Morgan fingerprint density at radius 3 is 2.67 bits per heavy atom. The zero-order valence-electron chi connectivity index (χ0n) is 9.81. The van der Waals surface area contributed by atoms with Crippen LogP contribution in [0.1, 0.15) is 23.2 Å². The summed E-state index contributed by atoms with van der Waals surface area (Å²) in [4.78, 5) is 21.6. The van der Waals surface area contributed by atoms with Gasteiger partial charge in [-0.25, -0.2) is 4.79 Å². The van der Waals surface area contributed by atoms with Crippen molar-refractivity contribution in [3.8, 4) is 5.75 Å². The lowest BCUT2D eigenvalue weighted by Crippen LogP contribution is -2.05. The number of carbonyl (C=O) groups excluding carboxylic acids is 1. The van der Waals surface area contributed by atoms with Gasteiger partial charge in [-0.2, -0.15) is 0 Å². The molecule has 6 heteroatoms. The summed E-state index contributed by atoms with van der Waals surface area (Å²) >= 11 is 3.23. The molecule has 0 aliphatic heterocycles. The number of rotatable bonds is 6. The van der Waals surface area contributed by atoms with E-state index in [1.807, 2.05) is 0 Å². The monoisotopic (exact) mass is 316 g/mol. The van der Waals surface area contributed by atoms with Gasteiger partial charge in [-0.15, -0.1) is 0 Å². The molecule has 0 saturated carbocycles. The number of hydrogen-bond acceptors (Lipinski definition) is 4. The number of aromatic carboxylic acids is 1. The van der Waals surface area contributed by atoms with Gasteiger partial charge in [-0.05, 0) is 40.5 Å². The van der Waals surface area contributed by atoms with Crippen LogP contribution in [0.25, 0.3) is 0 Å². The summed E-state index contributed by atoms with van der Waals surface area (Å²) in [7, 11) is 1.34. The molecular weight excluding hydrogens is 304 g/mol. The lowest BCUT2D eigenvalue weighted by molar-refractivity contribution is -0.140. The summed E-state index contributed by atoms with van der Waals surface area (Å²) in [5, 5.41) is 8.79. The molecule has 0 amide bonds. The molecule has 1 aromatic carbocycles. The van der Waals surface area contributed by atoms with Gasteiger partial charge in [0.15, 0.2) is 0 Å². The molecule has 0 radical (unpaired) electrons. The van der Waals surface area contributed by atoms with Crippen LogP contribution in [0.2, 0.25) is 0 Å². The van der Waals surface area contributed by atoms with Crippen LogP contribution in [0.15, 0.2) is 22.7 Å². The third-order valence-electron chi connectivity index (χ3n) is 2.19. The maximum Gasteiger partial charge on any atom is 0.335 e. The molecule has 0 aromatic heterocycles. The van der Waals surface area contributed by atoms with Crippen molar-refractivity contribution in [1.82, 2.24) is 0 Å². The first kappa shape index (κ1) is 14.5. The van der Waals surface area contributed by atoms with Crippen molar-refractivity contribution in [2.75, 3.05) is 13.7 Å². The van der Waals surface area contributed by atoms with Crippen molar-refractivity contribution in [2.45, 2.75) is 12.8 Å². The molecule has 18 heavy (non-hydrogen) atoms. The van der Waals surface area contributed by atoms with Gasteiger partial charge in [-0.1, -0.05) is 0 Å². The van der Waals surface area contributed by atoms with E-state index in [0.29, 0.717) is 29.7 Å². The molecule has 0 spiro atoms. The number of esters is 1. The molecule has 0 atom stereocenters. The minimum Gasteiger partial charge on any atom is -0.492 e. The van der Waals surface area contributed by atoms with E-state index < -0.39 is 5.97 Å². The molecule has 0 heterocycles. The molecule has 1 N–H and O–H groups in total. The standard InChI is InChI=1S/C12H13BrO5/c1-17-11(14)3-2-6-18-10-5-4-8(12(15)16)7-9(10)13/h4-5,7H,2-3,6H2,1H3,(H,15,16). The highest BCUT2D eigenvalue weighted by atomic mass is 79.9. The minimum atomic E-state index is -0.993. The van der Waals surface area contributed by atoms with E-state index in [2.05, 4.69) is 20.7 Å². The van der Waals surface area contributed by atoms with Gasteiger partial charge in [0.05, 0.1) is 23.8 Å². The third kappa shape index (κ3) is 4.37. The van der Waals surface area contributed by atoms with Crippen LogP contribution in [0.5, 0.6) is 5.75 Å². The van der Waals surface area contributed by atoms with E-state index in [1.54, 1.807) is 6.07 Å². The summed E-state index contributed by atoms with van der Waals surface area (Å²) in [5.74, 6) is -0.725. The Hall–Kier alpha value is -1.56. The van der Waals surface area contributed by atoms with Crippen LogP contribution in [-0.4, -0.2) is 30.8 Å². The molecule has 0 unspecified atom stereocenters. The number of carboxylic acid groups (broad SMARTS) is 1. The van der Waals surface area contributed by atoms with Gasteiger partial charge in [0.1, 0.15) is 5.75 Å². The summed E-state index contributed by atoms with van der Waals surface area (Å²) in [6.07, 6.45) is 0.834. The normalized spacial score (nSPS) is 9.89. The molecule has 1 rings (SSSR count). The highest BCUT2D eigenvalue weighted by molar-refractivity contribution is 9.10. The Morgan fingerprint density at radius 1 is 1.39 bits per heavy atom. The summed E-state index contributed by atoms with van der Waals surface area (Å²) in [6.45, 7) is 0.361. The first-order valence-corrected chi connectivity index (χ1v) is 6.06. The molecule has 5 nitrogen and oxygen atoms in total. The predicted molar refractivity (Wildman–Crippen MR) is 67.8 cm³/mol. The van der Waals surface area contributed by atoms with Gasteiger partial charge < -0.3 is 14.6 Å². The lowest BCUT2D eigenvalue weighted by atomic mass is 10.2. The fraction of sp³-hybridized carbons (Fsp3) is 0.333. The van der Waals surface area contributed by atoms with Crippen molar-refractivity contribution >= 4 is 27.9 Å². The van der Waals surface area contributed by atoms with Gasteiger partial charge >= 0.3 is 11.9 Å². The van der Waals surface area contributed by atoms with Crippen LogP contribution in [0.3, 0.4) is 0 Å². The smallest absolute Gasteiger partial charge is 0.335 e. The fourth-order valence-electron chi connectivity index (χ4n) is 1.25. The van der Waals surface area contributed by atoms with Gasteiger partial charge in [0.2, 0.25) is 0 Å². The van der Waals surface area contributed by atoms with Crippen LogP contribution in [0.4, 0.5) is 0 Å². The van der Waals surface area contributed by atoms with Crippen LogP contribution in [0, 0.1) is 0 Å².